The van der Waals surface area contributed by atoms with E-state index in [0.29, 0.717) is 18.2 Å². The Hall–Kier alpha value is -3.09. The number of carbonyl (C=O) groups excluding carboxylic acids is 1. The molecule has 0 amide bonds. The number of anilines is 1. The Morgan fingerprint density at radius 2 is 1.89 bits per heavy atom. The summed E-state index contributed by atoms with van der Waals surface area (Å²) in [6, 6.07) is 6.88. The molecule has 4 N–H and O–H groups in total. The standard InChI is InChI=1S/C24H32N3O10P/c1-4-15(5-2)12-34-23(31)14(3)25-16-8-6-7-9-17(16)37-38(33)35-13-18-20(29)21(30)22(36-18)27-11-10-19(28)26-24(27)32/h6-11,14-15,18,20-22,25,29-30H,4-5,12-13H2,1-3H3/p+1/t14-,18+,20+,21+,22+/m0/s1. The van der Waals surface area contributed by atoms with Gasteiger partial charge in [0.25, 0.3) is 5.56 Å². The number of aromatic amines is 1. The van der Waals surface area contributed by atoms with Crippen molar-refractivity contribution in [2.75, 3.05) is 18.5 Å². The molecule has 3 rings (SSSR count). The Labute approximate surface area is 219 Å². The topological polar surface area (TPSA) is 178 Å². The number of aromatic nitrogens is 2. The molecule has 0 saturated carbocycles. The number of aliphatic hydroxyl groups excluding tert-OH is 2. The van der Waals surface area contributed by atoms with Crippen LogP contribution < -0.4 is 21.1 Å². The van der Waals surface area contributed by atoms with Gasteiger partial charge >= 0.3 is 19.9 Å². The summed E-state index contributed by atoms with van der Waals surface area (Å²) in [5, 5.41) is 23.6. The van der Waals surface area contributed by atoms with Gasteiger partial charge in [-0.1, -0.05) is 38.8 Å². The number of carbonyl (C=O) groups is 1. The molecule has 38 heavy (non-hydrogen) atoms. The minimum atomic E-state index is -2.76. The highest BCUT2D eigenvalue weighted by atomic mass is 31.1. The zero-order chi connectivity index (χ0) is 27.8. The van der Waals surface area contributed by atoms with Gasteiger partial charge in [-0.15, -0.1) is 4.52 Å². The summed E-state index contributed by atoms with van der Waals surface area (Å²) in [5.41, 5.74) is -1.07. The average molecular weight is 555 g/mol. The van der Waals surface area contributed by atoms with Gasteiger partial charge in [0.2, 0.25) is 5.75 Å². The van der Waals surface area contributed by atoms with Gasteiger partial charge in [0.05, 0.1) is 12.3 Å². The van der Waals surface area contributed by atoms with E-state index >= 15 is 0 Å². The van der Waals surface area contributed by atoms with Gasteiger partial charge in [-0.05, 0) is 25.0 Å². The number of H-pyrrole nitrogens is 1. The lowest BCUT2D eigenvalue weighted by Gasteiger charge is -2.18. The van der Waals surface area contributed by atoms with Gasteiger partial charge in [-0.25, -0.2) is 14.1 Å². The number of esters is 1. The largest absolute Gasteiger partial charge is 0.750 e. The molecule has 14 heteroatoms. The molecular formula is C24H33N3O10P+. The minimum absolute atomic E-state index is 0.152. The Kier molecular flexibility index (Phi) is 10.6. The summed E-state index contributed by atoms with van der Waals surface area (Å²) in [7, 11) is -2.76. The molecule has 1 unspecified atom stereocenters. The first-order valence-corrected chi connectivity index (χ1v) is 13.4. The maximum Gasteiger partial charge on any atom is 0.750 e. The van der Waals surface area contributed by atoms with Crippen molar-refractivity contribution >= 4 is 19.9 Å². The maximum atomic E-state index is 12.5. The molecular weight excluding hydrogens is 521 g/mol. The monoisotopic (exact) mass is 554 g/mol. The first-order valence-electron chi connectivity index (χ1n) is 12.3. The van der Waals surface area contributed by atoms with Gasteiger partial charge in [0, 0.05) is 16.8 Å². The lowest BCUT2D eigenvalue weighted by atomic mass is 10.1. The van der Waals surface area contributed by atoms with Crippen LogP contribution in [0.15, 0.2) is 46.1 Å². The van der Waals surface area contributed by atoms with Gasteiger partial charge in [0.15, 0.2) is 6.23 Å². The summed E-state index contributed by atoms with van der Waals surface area (Å²) in [5.74, 6) is 0.00707. The number of ether oxygens (including phenoxy) is 2. The van der Waals surface area contributed by atoms with Gasteiger partial charge < -0.3 is 25.0 Å². The highest BCUT2D eigenvalue weighted by molar-refractivity contribution is 7.33. The van der Waals surface area contributed by atoms with E-state index in [1.165, 1.54) is 6.07 Å². The van der Waals surface area contributed by atoms with E-state index in [1.807, 2.05) is 18.8 Å². The summed E-state index contributed by atoms with van der Waals surface area (Å²) in [6.45, 7) is 5.60. The zero-order valence-corrected chi connectivity index (χ0v) is 22.2. The van der Waals surface area contributed by atoms with Crippen molar-refractivity contribution in [2.24, 2.45) is 5.92 Å². The minimum Gasteiger partial charge on any atom is -0.464 e. The molecule has 1 fully saturated rings. The smallest absolute Gasteiger partial charge is 0.464 e. The second-order valence-corrected chi connectivity index (χ2v) is 9.74. The molecule has 0 bridgehead atoms. The van der Waals surface area contributed by atoms with Crippen LogP contribution in [0, 0.1) is 5.92 Å². The number of nitrogens with one attached hydrogen (secondary N) is 2. The summed E-state index contributed by atoms with van der Waals surface area (Å²) >= 11 is 0. The zero-order valence-electron chi connectivity index (χ0n) is 21.3. The molecule has 2 aromatic rings. The summed E-state index contributed by atoms with van der Waals surface area (Å²) in [6.07, 6.45) is -2.48. The van der Waals surface area contributed by atoms with E-state index < -0.39 is 62.7 Å². The predicted molar refractivity (Wildman–Crippen MR) is 136 cm³/mol. The number of nitrogens with zero attached hydrogens (tertiary/aromatic N) is 1. The van der Waals surface area contributed by atoms with Crippen LogP contribution in [0.3, 0.4) is 0 Å². The number of aliphatic hydroxyl groups is 2. The van der Waals surface area contributed by atoms with Crippen molar-refractivity contribution in [3.05, 3.63) is 57.4 Å². The van der Waals surface area contributed by atoms with Crippen LogP contribution >= 0.6 is 8.25 Å². The Morgan fingerprint density at radius 1 is 1.18 bits per heavy atom. The van der Waals surface area contributed by atoms with Crippen molar-refractivity contribution in [2.45, 2.75) is 64.2 Å². The van der Waals surface area contributed by atoms with Gasteiger partial charge in [-0.2, -0.15) is 0 Å². The Balaban J connectivity index is 1.56. The highest BCUT2D eigenvalue weighted by Crippen LogP contribution is 2.36. The molecule has 0 spiro atoms. The molecule has 1 aliphatic rings. The molecule has 1 aromatic carbocycles. The molecule has 6 atom stereocenters. The first-order chi connectivity index (χ1) is 18.1. The second kappa shape index (κ2) is 13.6. The lowest BCUT2D eigenvalue weighted by molar-refractivity contribution is -0.145. The van der Waals surface area contributed by atoms with Crippen LogP contribution in [0.25, 0.3) is 0 Å². The van der Waals surface area contributed by atoms with E-state index in [1.54, 1.807) is 25.1 Å². The van der Waals surface area contributed by atoms with Crippen molar-refractivity contribution < 1.29 is 38.1 Å². The first kappa shape index (κ1) is 29.5. The number of hydrogen-bond acceptors (Lipinski definition) is 11. The second-order valence-electron chi connectivity index (χ2n) is 8.85. The van der Waals surface area contributed by atoms with E-state index in [-0.39, 0.29) is 5.75 Å². The normalized spacial score (nSPS) is 22.2. The number of para-hydroxylation sites is 2. The van der Waals surface area contributed by atoms with Crippen LogP contribution in [-0.2, 0) is 23.4 Å². The third kappa shape index (κ3) is 7.49. The van der Waals surface area contributed by atoms with Crippen molar-refractivity contribution in [3.63, 3.8) is 0 Å². The van der Waals surface area contributed by atoms with Gasteiger partial charge in [0.1, 0.15) is 31.0 Å². The van der Waals surface area contributed by atoms with Crippen molar-refractivity contribution in [1.29, 1.82) is 0 Å². The fourth-order valence-electron chi connectivity index (χ4n) is 3.77. The van der Waals surface area contributed by atoms with E-state index in [4.69, 9.17) is 18.5 Å². The van der Waals surface area contributed by atoms with E-state index in [9.17, 15) is 29.2 Å². The van der Waals surface area contributed by atoms with Crippen LogP contribution in [-0.4, -0.2) is 63.3 Å². The van der Waals surface area contributed by atoms with Gasteiger partial charge in [-0.3, -0.25) is 14.3 Å². The fourth-order valence-corrected chi connectivity index (χ4v) is 4.41. The maximum absolute atomic E-state index is 12.5. The third-order valence-electron chi connectivity index (χ3n) is 6.21. The average Bonchev–Trinajstić information content (AvgIpc) is 3.17. The Morgan fingerprint density at radius 3 is 2.58 bits per heavy atom. The molecule has 0 radical (unpaired) electrons. The summed E-state index contributed by atoms with van der Waals surface area (Å²) in [4.78, 5) is 37.7. The molecule has 13 nitrogen and oxygen atoms in total. The lowest BCUT2D eigenvalue weighted by Crippen LogP contribution is -2.37. The number of benzene rings is 1. The Bertz CT molecular complexity index is 1210. The quantitative estimate of drug-likeness (QED) is 0.209. The van der Waals surface area contributed by atoms with E-state index in [0.717, 1.165) is 29.7 Å². The van der Waals surface area contributed by atoms with Crippen LogP contribution in [0.1, 0.15) is 39.8 Å². The third-order valence-corrected chi connectivity index (χ3v) is 6.91. The highest BCUT2D eigenvalue weighted by Gasteiger charge is 2.45. The number of rotatable bonds is 13. The molecule has 1 saturated heterocycles. The molecule has 208 valence electrons. The van der Waals surface area contributed by atoms with Crippen molar-refractivity contribution in [3.8, 4) is 5.75 Å². The van der Waals surface area contributed by atoms with Crippen LogP contribution in [0.5, 0.6) is 5.75 Å². The van der Waals surface area contributed by atoms with Crippen LogP contribution in [0.2, 0.25) is 0 Å². The molecule has 1 aromatic heterocycles. The molecule has 2 heterocycles. The summed E-state index contributed by atoms with van der Waals surface area (Å²) < 4.78 is 34.9. The molecule has 0 aliphatic carbocycles. The van der Waals surface area contributed by atoms with Crippen LogP contribution in [0.4, 0.5) is 5.69 Å². The predicted octanol–water partition coefficient (Wildman–Crippen LogP) is 1.69. The number of hydrogen-bond donors (Lipinski definition) is 4. The van der Waals surface area contributed by atoms with Crippen molar-refractivity contribution in [1.82, 2.24) is 9.55 Å². The SMILES string of the molecule is CCC(CC)COC(=O)[C@H](C)Nc1ccccc1O[P+](=O)OC[C@H]1O[C@@H](n2ccc(=O)[nH]c2=O)[C@H](O)[C@@H]1O. The van der Waals surface area contributed by atoms with E-state index in [2.05, 4.69) is 5.32 Å². The molecule has 1 aliphatic heterocycles. The fraction of sp³-hybridized carbons (Fsp3) is 0.542.